The predicted molar refractivity (Wildman–Crippen MR) is 17.5 cm³/mol. The molecule has 0 unspecified atom stereocenters. The van der Waals surface area contributed by atoms with E-state index in [0.29, 0.717) is 0 Å². The second-order valence-electron chi connectivity index (χ2n) is 1.19. The van der Waals surface area contributed by atoms with Crippen LogP contribution in [0.5, 0.6) is 0 Å². The zero-order chi connectivity index (χ0) is 5.33. The van der Waals surface area contributed by atoms with Crippen LogP contribution < -0.4 is 0 Å². The first-order valence-electron chi connectivity index (χ1n) is 1.64. The van der Waals surface area contributed by atoms with E-state index in [-0.39, 0.29) is 0 Å². The molecular weight excluding hydrogens is 102 g/mol. The molecule has 1 fully saturated rings. The second-order valence-corrected chi connectivity index (χ2v) is 1.19. The number of nitrogens with zero attached hydrogens (tertiary/aromatic N) is 1. The Kier molecular flexibility index (Phi) is 0.731. The topological polar surface area (TPSA) is 63.7 Å². The fraction of sp³-hybridized carbons (Fsp3) is 1.00. The van der Waals surface area contributed by atoms with E-state index in [0.717, 1.165) is 0 Å². The van der Waals surface area contributed by atoms with Crippen LogP contribution in [-0.2, 0) is 14.6 Å². The SMILES string of the molecule is CC1(ON=O)OO1. The van der Waals surface area contributed by atoms with Crippen LogP contribution >= 0.6 is 0 Å². The Morgan fingerprint density at radius 2 is 2.29 bits per heavy atom. The van der Waals surface area contributed by atoms with Gasteiger partial charge >= 0.3 is 5.97 Å². The molecule has 1 heterocycles. The highest BCUT2D eigenvalue weighted by atomic mass is 17.5. The summed E-state index contributed by atoms with van der Waals surface area (Å²) in [7, 11) is 0. The molecule has 0 aromatic rings. The van der Waals surface area contributed by atoms with E-state index in [1.54, 1.807) is 0 Å². The summed E-state index contributed by atoms with van der Waals surface area (Å²) in [5, 5.41) is 2.07. The normalized spacial score (nSPS) is 23.6. The average Bonchev–Trinajstić information content (AvgIpc) is 2.22. The Morgan fingerprint density at radius 1 is 1.71 bits per heavy atom. The molecule has 5 nitrogen and oxygen atoms in total. The lowest BCUT2D eigenvalue weighted by Crippen LogP contribution is -2.03. The van der Waals surface area contributed by atoms with E-state index in [2.05, 4.69) is 20.0 Å². The maximum Gasteiger partial charge on any atom is 0.402 e. The maximum atomic E-state index is 9.23. The lowest BCUT2D eigenvalue weighted by molar-refractivity contribution is -0.0398. The molecule has 0 saturated carbocycles. The molecule has 0 amide bonds. The largest absolute Gasteiger partial charge is 0.402 e. The van der Waals surface area contributed by atoms with Gasteiger partial charge in [0.15, 0.2) is 5.34 Å². The van der Waals surface area contributed by atoms with Gasteiger partial charge in [-0.3, -0.25) is 4.84 Å². The van der Waals surface area contributed by atoms with Gasteiger partial charge in [0.05, 0.1) is 0 Å². The van der Waals surface area contributed by atoms with Crippen LogP contribution in [0.4, 0.5) is 0 Å². The summed E-state index contributed by atoms with van der Waals surface area (Å²) in [6.07, 6.45) is 0. The first-order valence-corrected chi connectivity index (χ1v) is 1.64. The van der Waals surface area contributed by atoms with Crippen molar-refractivity contribution in [3.05, 3.63) is 4.91 Å². The van der Waals surface area contributed by atoms with Gasteiger partial charge < -0.3 is 0 Å². The van der Waals surface area contributed by atoms with Crippen molar-refractivity contribution in [2.75, 3.05) is 0 Å². The summed E-state index contributed by atoms with van der Waals surface area (Å²) >= 11 is 0. The second kappa shape index (κ2) is 1.14. The molecule has 40 valence electrons. The zero-order valence-corrected chi connectivity index (χ0v) is 3.58. The predicted octanol–water partition coefficient (Wildman–Crippen LogP) is 0.320. The minimum Gasteiger partial charge on any atom is -0.294 e. The van der Waals surface area contributed by atoms with Gasteiger partial charge in [0.1, 0.15) is 0 Å². The summed E-state index contributed by atoms with van der Waals surface area (Å²) in [6, 6.07) is 0. The van der Waals surface area contributed by atoms with Crippen LogP contribution in [0.15, 0.2) is 5.34 Å². The third-order valence-electron chi connectivity index (χ3n) is 0.521. The third kappa shape index (κ3) is 0.847. The van der Waals surface area contributed by atoms with E-state index < -0.39 is 5.97 Å². The molecule has 1 rings (SSSR count). The van der Waals surface area contributed by atoms with Crippen LogP contribution in [0.25, 0.3) is 0 Å². The van der Waals surface area contributed by atoms with Crippen LogP contribution in [0, 0.1) is 4.91 Å². The molecule has 1 aliphatic heterocycles. The standard InChI is InChI=1S/C2H3NO4/c1-2(5-3-4)6-7-2/h1H3. The zero-order valence-electron chi connectivity index (χ0n) is 3.58. The van der Waals surface area contributed by atoms with Crippen LogP contribution in [0.3, 0.4) is 0 Å². The van der Waals surface area contributed by atoms with Gasteiger partial charge in [0.2, 0.25) is 0 Å². The molecule has 0 bridgehead atoms. The summed E-state index contributed by atoms with van der Waals surface area (Å²) in [6.45, 7) is 1.42. The van der Waals surface area contributed by atoms with Gasteiger partial charge in [-0.05, 0) is 0 Å². The van der Waals surface area contributed by atoms with Crippen molar-refractivity contribution >= 4 is 0 Å². The van der Waals surface area contributed by atoms with Crippen molar-refractivity contribution in [2.24, 2.45) is 5.34 Å². The van der Waals surface area contributed by atoms with Gasteiger partial charge in [-0.15, -0.1) is 14.7 Å². The Hall–Kier alpha value is -0.680. The highest BCUT2D eigenvalue weighted by Crippen LogP contribution is 2.29. The van der Waals surface area contributed by atoms with E-state index in [1.807, 2.05) is 0 Å². The number of hydrogen-bond acceptors (Lipinski definition) is 5. The molecule has 1 saturated heterocycles. The quantitative estimate of drug-likeness (QED) is 0.219. The molecule has 5 heteroatoms. The first kappa shape index (κ1) is 4.48. The summed E-state index contributed by atoms with van der Waals surface area (Å²) in [5.41, 5.74) is 0. The monoisotopic (exact) mass is 105 g/mol. The van der Waals surface area contributed by atoms with Crippen molar-refractivity contribution < 1.29 is 14.6 Å². The minimum absolute atomic E-state index is 1.18. The van der Waals surface area contributed by atoms with Crippen LogP contribution in [0.1, 0.15) is 6.92 Å². The highest BCUT2D eigenvalue weighted by molar-refractivity contribution is 4.46. The molecule has 0 spiro atoms. The van der Waals surface area contributed by atoms with Crippen LogP contribution in [0.2, 0.25) is 0 Å². The van der Waals surface area contributed by atoms with Crippen molar-refractivity contribution in [2.45, 2.75) is 12.9 Å². The molecule has 0 aliphatic carbocycles. The molecule has 1 aliphatic rings. The fourth-order valence-electron chi connectivity index (χ4n) is 0.157. The minimum atomic E-state index is -1.18. The molecule has 0 aromatic heterocycles. The third-order valence-corrected chi connectivity index (χ3v) is 0.521. The van der Waals surface area contributed by atoms with E-state index in [4.69, 9.17) is 0 Å². The van der Waals surface area contributed by atoms with Crippen LogP contribution in [-0.4, -0.2) is 5.97 Å². The van der Waals surface area contributed by atoms with Crippen molar-refractivity contribution in [1.29, 1.82) is 0 Å². The van der Waals surface area contributed by atoms with Crippen molar-refractivity contribution in [3.8, 4) is 0 Å². The van der Waals surface area contributed by atoms with Gasteiger partial charge in [-0.1, -0.05) is 0 Å². The summed E-state index contributed by atoms with van der Waals surface area (Å²) < 4.78 is 0. The molecule has 0 radical (unpaired) electrons. The van der Waals surface area contributed by atoms with Crippen molar-refractivity contribution in [1.82, 2.24) is 0 Å². The summed E-state index contributed by atoms with van der Waals surface area (Å²) in [5.74, 6) is -1.18. The Balaban J connectivity index is 2.25. The molecule has 0 N–H and O–H groups in total. The lowest BCUT2D eigenvalue weighted by atomic mass is 10.7. The van der Waals surface area contributed by atoms with E-state index >= 15 is 0 Å². The Labute approximate surface area is 39.0 Å². The van der Waals surface area contributed by atoms with Gasteiger partial charge in [-0.25, -0.2) is 0 Å². The van der Waals surface area contributed by atoms with E-state index in [1.165, 1.54) is 6.92 Å². The molecule has 0 aromatic carbocycles. The smallest absolute Gasteiger partial charge is 0.294 e. The lowest BCUT2D eigenvalue weighted by Gasteiger charge is -1.86. The van der Waals surface area contributed by atoms with Gasteiger partial charge in [-0.2, -0.15) is 0 Å². The highest BCUT2D eigenvalue weighted by Gasteiger charge is 2.48. The van der Waals surface area contributed by atoms with Gasteiger partial charge in [0.25, 0.3) is 0 Å². The van der Waals surface area contributed by atoms with Crippen molar-refractivity contribution in [3.63, 3.8) is 0 Å². The molecule has 7 heavy (non-hydrogen) atoms. The molecule has 0 atom stereocenters. The van der Waals surface area contributed by atoms with Gasteiger partial charge in [0, 0.05) is 6.92 Å². The Morgan fingerprint density at radius 3 is 2.43 bits per heavy atom. The molecular formula is C2H3NO4. The Bertz CT molecular complexity index is 87.7. The van der Waals surface area contributed by atoms with E-state index in [9.17, 15) is 4.91 Å². The fourth-order valence-corrected chi connectivity index (χ4v) is 0.157. The number of rotatable bonds is 2. The maximum absolute atomic E-state index is 9.23. The average molecular weight is 105 g/mol. The first-order chi connectivity index (χ1) is 3.27. The summed E-state index contributed by atoms with van der Waals surface area (Å²) in [4.78, 5) is 21.4. The number of hydrogen-bond donors (Lipinski definition) is 0.